The van der Waals surface area contributed by atoms with Crippen molar-refractivity contribution in [3.05, 3.63) is 12.2 Å². The van der Waals surface area contributed by atoms with E-state index in [9.17, 15) is 0 Å². The summed E-state index contributed by atoms with van der Waals surface area (Å²) in [5.74, 6) is 0.348. The molecule has 1 aliphatic rings. The minimum atomic E-state index is 0.0925. The van der Waals surface area contributed by atoms with Crippen LogP contribution in [0.2, 0.25) is 0 Å². The molecular weight excluding hydrogens is 171 g/mol. The summed E-state index contributed by atoms with van der Waals surface area (Å²) < 4.78 is 17.5. The van der Waals surface area contributed by atoms with Crippen molar-refractivity contribution in [2.24, 2.45) is 5.92 Å². The highest BCUT2D eigenvalue weighted by molar-refractivity contribution is 8.15. The molecule has 2 nitrogen and oxygen atoms in total. The fourth-order valence-corrected chi connectivity index (χ4v) is 1.58. The minimum absolute atomic E-state index is 0.0925. The molecule has 0 saturated carbocycles. The molecule has 1 saturated heterocycles. The van der Waals surface area contributed by atoms with Crippen molar-refractivity contribution in [2.45, 2.75) is 26.1 Å². The highest BCUT2D eigenvalue weighted by Crippen LogP contribution is 2.30. The molecule has 0 aromatic heterocycles. The van der Waals surface area contributed by atoms with E-state index >= 15 is 0 Å². The summed E-state index contributed by atoms with van der Waals surface area (Å²) >= 11 is 1.03. The van der Waals surface area contributed by atoms with Gasteiger partial charge in [-0.05, 0) is 13.8 Å². The van der Waals surface area contributed by atoms with E-state index in [1.54, 1.807) is 0 Å². The van der Waals surface area contributed by atoms with Crippen LogP contribution in [0, 0.1) is 5.92 Å². The second kappa shape index (κ2) is 4.35. The molecule has 0 spiro atoms. The lowest BCUT2D eigenvalue weighted by atomic mass is 9.98. The first-order valence-corrected chi connectivity index (χ1v) is 4.79. The van der Waals surface area contributed by atoms with Crippen LogP contribution in [-0.4, -0.2) is 27.2 Å². The second-order valence-corrected chi connectivity index (χ2v) is 3.49. The van der Waals surface area contributed by atoms with E-state index in [-0.39, 0.29) is 12.2 Å². The van der Waals surface area contributed by atoms with Gasteiger partial charge in [0.05, 0.1) is 18.8 Å². The summed E-state index contributed by atoms with van der Waals surface area (Å²) in [5, 5.41) is 0. The standard InChI is InChI=1S/C8H14BO2S/c1-5-6(2)8(4-10-12-9)11-7(5)3/h6-9H,1,4H2,2-3H3/t6-,7-,8-/m1/s1/i9T. The lowest BCUT2D eigenvalue weighted by Crippen LogP contribution is -2.19. The Bertz CT molecular complexity index is 191. The maximum absolute atomic E-state index is 6.76. The Morgan fingerprint density at radius 3 is 3.08 bits per heavy atom. The predicted octanol–water partition coefficient (Wildman–Crippen LogP) is 1.45. The molecule has 1 radical (unpaired) electrons. The monoisotopic (exact) mass is 187 g/mol. The molecule has 3 atom stereocenters. The molecule has 0 aliphatic carbocycles. The van der Waals surface area contributed by atoms with Crippen LogP contribution in [-0.2, 0) is 8.92 Å². The van der Waals surface area contributed by atoms with Crippen LogP contribution in [0.1, 0.15) is 13.8 Å². The average molecular weight is 187 g/mol. The summed E-state index contributed by atoms with van der Waals surface area (Å²) in [6.45, 7) is 8.58. The Morgan fingerprint density at radius 2 is 2.58 bits per heavy atom. The molecule has 1 fully saturated rings. The highest BCUT2D eigenvalue weighted by atomic mass is 32.2. The van der Waals surface area contributed by atoms with E-state index in [2.05, 4.69) is 13.5 Å². The van der Waals surface area contributed by atoms with Gasteiger partial charge in [0, 0.05) is 5.92 Å². The molecule has 0 N–H and O–H groups in total. The molecule has 0 bridgehead atoms. The van der Waals surface area contributed by atoms with E-state index in [4.69, 9.17) is 10.3 Å². The summed E-state index contributed by atoms with van der Waals surface area (Å²) in [6.07, 6.45) is 0.225. The fourth-order valence-electron chi connectivity index (χ4n) is 1.37. The van der Waals surface area contributed by atoms with Gasteiger partial charge in [-0.1, -0.05) is 25.4 Å². The molecule has 1 rings (SSSR count). The van der Waals surface area contributed by atoms with Crippen LogP contribution < -0.4 is 0 Å². The summed E-state index contributed by atoms with van der Waals surface area (Å²) in [4.78, 5) is 0. The molecule has 0 amide bonds. The third kappa shape index (κ3) is 2.06. The second-order valence-electron chi connectivity index (χ2n) is 3.06. The molecule has 67 valence electrons. The Labute approximate surface area is 80.6 Å². The van der Waals surface area contributed by atoms with E-state index in [0.29, 0.717) is 12.5 Å². The molecule has 1 heterocycles. The van der Waals surface area contributed by atoms with Gasteiger partial charge in [-0.3, -0.25) is 0 Å². The summed E-state index contributed by atoms with van der Waals surface area (Å²) in [5.41, 5.74) is 1.13. The lowest BCUT2D eigenvalue weighted by Gasteiger charge is -2.13. The predicted molar refractivity (Wildman–Crippen MR) is 53.3 cm³/mol. The van der Waals surface area contributed by atoms with Crippen molar-refractivity contribution in [3.8, 4) is 0 Å². The van der Waals surface area contributed by atoms with Gasteiger partial charge in [0.15, 0.2) is 0 Å². The van der Waals surface area contributed by atoms with E-state index in [1.807, 2.05) is 6.92 Å². The van der Waals surface area contributed by atoms with Gasteiger partial charge in [0.1, 0.15) is 0 Å². The fraction of sp³-hybridized carbons (Fsp3) is 0.750. The van der Waals surface area contributed by atoms with Crippen LogP contribution in [0.25, 0.3) is 0 Å². The molecule has 0 unspecified atom stereocenters. The first kappa shape index (κ1) is 8.66. The normalized spacial score (nSPS) is 36.7. The van der Waals surface area contributed by atoms with E-state index < -0.39 is 0 Å². The largest absolute Gasteiger partial charge is 0.368 e. The lowest BCUT2D eigenvalue weighted by molar-refractivity contribution is 0.0228. The molecule has 0 aromatic rings. The number of hydrogen-bond acceptors (Lipinski definition) is 3. The quantitative estimate of drug-likeness (QED) is 0.287. The Morgan fingerprint density at radius 1 is 1.83 bits per heavy atom. The Kier molecular flexibility index (Phi) is 3.14. The number of rotatable bonds is 4. The van der Waals surface area contributed by atoms with Gasteiger partial charge in [-0.15, -0.1) is 0 Å². The molecule has 1 aliphatic heterocycles. The van der Waals surface area contributed by atoms with Crippen LogP contribution in [0.5, 0.6) is 0 Å². The first-order valence-electron chi connectivity index (χ1n) is 4.57. The van der Waals surface area contributed by atoms with Gasteiger partial charge in [0.2, 0.25) is 7.09 Å². The Balaban J connectivity index is 2.31. The topological polar surface area (TPSA) is 18.5 Å². The molecular formula is C8H14BO2S. The smallest absolute Gasteiger partial charge is 0.209 e. The minimum Gasteiger partial charge on any atom is -0.368 e. The summed E-state index contributed by atoms with van der Waals surface area (Å²) in [7, 11) is 1.16. The van der Waals surface area contributed by atoms with Gasteiger partial charge in [-0.2, -0.15) is 0 Å². The summed E-state index contributed by atoms with van der Waals surface area (Å²) in [6, 6.07) is 0. The number of ether oxygens (including phenoxy) is 1. The first-order chi connectivity index (χ1) is 6.16. The SMILES string of the molecule is [3H][B]SOC[C@H]1O[C@H](C)C(=C)[C@H]1C. The zero-order valence-corrected chi connectivity index (χ0v) is 8.26. The zero-order chi connectivity index (χ0) is 9.84. The van der Waals surface area contributed by atoms with Crippen molar-refractivity contribution in [2.75, 3.05) is 6.61 Å². The van der Waals surface area contributed by atoms with Crippen LogP contribution in [0.15, 0.2) is 12.2 Å². The van der Waals surface area contributed by atoms with Gasteiger partial charge in [-0.25, -0.2) is 0 Å². The Hall–Kier alpha value is 0.0749. The zero-order valence-electron chi connectivity index (χ0n) is 8.45. The van der Waals surface area contributed by atoms with E-state index in [0.717, 1.165) is 24.6 Å². The van der Waals surface area contributed by atoms with Crippen molar-refractivity contribution >= 4 is 19.0 Å². The maximum Gasteiger partial charge on any atom is 0.209 e. The molecule has 0 aromatic carbocycles. The average Bonchev–Trinajstić information content (AvgIpc) is 2.34. The van der Waals surface area contributed by atoms with Crippen LogP contribution in [0.4, 0.5) is 0 Å². The van der Waals surface area contributed by atoms with Crippen molar-refractivity contribution < 1.29 is 8.92 Å². The van der Waals surface area contributed by atoms with Crippen LogP contribution >= 0.6 is 11.9 Å². The van der Waals surface area contributed by atoms with E-state index in [1.165, 1.54) is 0 Å². The van der Waals surface area contributed by atoms with Crippen molar-refractivity contribution in [3.63, 3.8) is 0 Å². The van der Waals surface area contributed by atoms with Gasteiger partial charge >= 0.3 is 0 Å². The third-order valence-corrected chi connectivity index (χ3v) is 2.62. The molecule has 12 heavy (non-hydrogen) atoms. The van der Waals surface area contributed by atoms with Gasteiger partial charge in [0.25, 0.3) is 0 Å². The highest BCUT2D eigenvalue weighted by Gasteiger charge is 2.32. The maximum atomic E-state index is 6.76. The van der Waals surface area contributed by atoms with Crippen molar-refractivity contribution in [1.29, 1.82) is 1.34 Å². The number of hydrogen-bond donors (Lipinski definition) is 0. The van der Waals surface area contributed by atoms with Gasteiger partial charge < -0.3 is 8.92 Å². The third-order valence-electron chi connectivity index (χ3n) is 2.34. The van der Waals surface area contributed by atoms with Crippen molar-refractivity contribution in [1.82, 2.24) is 0 Å². The molecule has 4 heteroatoms. The van der Waals surface area contributed by atoms with Crippen LogP contribution in [0.3, 0.4) is 0 Å².